The molecule has 0 radical (unpaired) electrons. The first-order valence-corrected chi connectivity index (χ1v) is 7.41. The van der Waals surface area contributed by atoms with Crippen molar-refractivity contribution >= 4 is 29.9 Å². The summed E-state index contributed by atoms with van der Waals surface area (Å²) < 4.78 is 16.2. The Bertz CT molecular complexity index is 274. The molecule has 0 saturated carbocycles. The van der Waals surface area contributed by atoms with E-state index in [2.05, 4.69) is 22.5 Å². The van der Waals surface area contributed by atoms with Crippen molar-refractivity contribution in [2.45, 2.75) is 38.3 Å². The first kappa shape index (κ1) is 20.9. The number of hydrogen-bond acceptors (Lipinski definition) is 4. The number of nitrogens with one attached hydrogen (secondary N) is 2. The predicted molar refractivity (Wildman–Crippen MR) is 95.7 cm³/mol. The van der Waals surface area contributed by atoms with E-state index in [9.17, 15) is 0 Å². The first-order valence-electron chi connectivity index (χ1n) is 7.41. The summed E-state index contributed by atoms with van der Waals surface area (Å²) in [6.45, 7) is 5.91. The van der Waals surface area contributed by atoms with E-state index in [1.807, 2.05) is 0 Å². The van der Waals surface area contributed by atoms with Crippen molar-refractivity contribution in [2.24, 2.45) is 4.99 Å². The summed E-state index contributed by atoms with van der Waals surface area (Å²) in [5.41, 5.74) is 0. The molecule has 1 aliphatic heterocycles. The highest BCUT2D eigenvalue weighted by molar-refractivity contribution is 14.0. The third-order valence-corrected chi connectivity index (χ3v) is 3.11. The fraction of sp³-hybridized carbons (Fsp3) is 0.929. The maximum atomic E-state index is 5.61. The Hall–Kier alpha value is -0.120. The van der Waals surface area contributed by atoms with E-state index >= 15 is 0 Å². The van der Waals surface area contributed by atoms with Gasteiger partial charge in [0.2, 0.25) is 0 Å². The van der Waals surface area contributed by atoms with Gasteiger partial charge in [0, 0.05) is 40.0 Å². The molecule has 7 heteroatoms. The molecule has 0 bridgehead atoms. The van der Waals surface area contributed by atoms with E-state index in [4.69, 9.17) is 14.2 Å². The molecule has 1 saturated heterocycles. The molecule has 2 atom stereocenters. The lowest BCUT2D eigenvalue weighted by Gasteiger charge is -2.17. The van der Waals surface area contributed by atoms with Crippen LogP contribution in [0, 0.1) is 0 Å². The van der Waals surface area contributed by atoms with Gasteiger partial charge in [-0.2, -0.15) is 0 Å². The average Bonchev–Trinajstić information content (AvgIpc) is 2.94. The molecule has 1 fully saturated rings. The number of aliphatic imine (C=N–C) groups is 1. The molecule has 0 aromatic heterocycles. The van der Waals surface area contributed by atoms with Crippen LogP contribution in [0.2, 0.25) is 0 Å². The maximum absolute atomic E-state index is 5.61. The van der Waals surface area contributed by atoms with Crippen molar-refractivity contribution in [2.75, 3.05) is 47.1 Å². The van der Waals surface area contributed by atoms with E-state index in [0.717, 1.165) is 51.6 Å². The summed E-state index contributed by atoms with van der Waals surface area (Å²) in [4.78, 5) is 4.17. The van der Waals surface area contributed by atoms with Crippen molar-refractivity contribution in [1.29, 1.82) is 0 Å². The molecular formula is C14H30IN3O3. The predicted octanol–water partition coefficient (Wildman–Crippen LogP) is 1.39. The minimum atomic E-state index is 0. The van der Waals surface area contributed by atoms with Crippen molar-refractivity contribution in [3.63, 3.8) is 0 Å². The fourth-order valence-electron chi connectivity index (χ4n) is 2.09. The van der Waals surface area contributed by atoms with Crippen molar-refractivity contribution in [3.8, 4) is 0 Å². The van der Waals surface area contributed by atoms with Gasteiger partial charge in [-0.1, -0.05) is 0 Å². The van der Waals surface area contributed by atoms with Crippen molar-refractivity contribution < 1.29 is 14.2 Å². The van der Waals surface area contributed by atoms with Crippen LogP contribution in [0.5, 0.6) is 0 Å². The topological polar surface area (TPSA) is 64.1 Å². The lowest BCUT2D eigenvalue weighted by Crippen LogP contribution is -2.44. The third-order valence-electron chi connectivity index (χ3n) is 3.11. The molecule has 0 amide bonds. The minimum Gasteiger partial charge on any atom is -0.383 e. The lowest BCUT2D eigenvalue weighted by atomic mass is 10.2. The number of halogens is 1. The van der Waals surface area contributed by atoms with Crippen molar-refractivity contribution in [3.05, 3.63) is 0 Å². The van der Waals surface area contributed by atoms with Gasteiger partial charge in [0.1, 0.15) is 0 Å². The van der Waals surface area contributed by atoms with Crippen molar-refractivity contribution in [1.82, 2.24) is 10.6 Å². The molecule has 0 aliphatic carbocycles. The van der Waals surface area contributed by atoms with Gasteiger partial charge in [-0.15, -0.1) is 24.0 Å². The molecule has 2 N–H and O–H groups in total. The van der Waals surface area contributed by atoms with Crippen LogP contribution >= 0.6 is 24.0 Å². The van der Waals surface area contributed by atoms with E-state index in [1.54, 1.807) is 14.2 Å². The van der Waals surface area contributed by atoms with Crippen LogP contribution in [0.15, 0.2) is 4.99 Å². The number of ether oxygens (including phenoxy) is 3. The van der Waals surface area contributed by atoms with Crippen LogP contribution in [0.25, 0.3) is 0 Å². The molecule has 1 aliphatic rings. The molecule has 1 heterocycles. The van der Waals surface area contributed by atoms with E-state index in [0.29, 0.717) is 12.7 Å². The normalized spacial score (nSPS) is 20.0. The van der Waals surface area contributed by atoms with Crippen LogP contribution in [0.1, 0.15) is 26.2 Å². The number of nitrogens with zero attached hydrogens (tertiary/aromatic N) is 1. The second kappa shape index (κ2) is 13.5. The van der Waals surface area contributed by atoms with Gasteiger partial charge in [-0.05, 0) is 26.2 Å². The standard InChI is InChI=1S/C14H29N3O3.HI/c1-12(10-18-3)17-14(15-2)16-7-5-8-19-11-13-6-4-9-20-13;/h12-13H,4-11H2,1-3H3,(H2,15,16,17);1H. The smallest absolute Gasteiger partial charge is 0.191 e. The Labute approximate surface area is 145 Å². The Kier molecular flexibility index (Phi) is 13.5. The molecule has 6 nitrogen and oxygen atoms in total. The summed E-state index contributed by atoms with van der Waals surface area (Å²) in [6, 6.07) is 0.238. The molecule has 0 aromatic carbocycles. The second-order valence-electron chi connectivity index (χ2n) is 5.06. The summed E-state index contributed by atoms with van der Waals surface area (Å²) >= 11 is 0. The van der Waals surface area contributed by atoms with Crippen LogP contribution < -0.4 is 10.6 Å². The van der Waals surface area contributed by atoms with E-state index in [1.165, 1.54) is 0 Å². The highest BCUT2D eigenvalue weighted by Gasteiger charge is 2.14. The Morgan fingerprint density at radius 3 is 2.90 bits per heavy atom. The van der Waals surface area contributed by atoms with Crippen LogP contribution in [0.3, 0.4) is 0 Å². The number of rotatable bonds is 9. The number of hydrogen-bond donors (Lipinski definition) is 2. The third kappa shape index (κ3) is 10.3. The minimum absolute atomic E-state index is 0. The van der Waals surface area contributed by atoms with Gasteiger partial charge < -0.3 is 24.8 Å². The van der Waals surface area contributed by atoms with Gasteiger partial charge in [0.15, 0.2) is 5.96 Å². The van der Waals surface area contributed by atoms with Gasteiger partial charge in [-0.3, -0.25) is 4.99 Å². The average molecular weight is 415 g/mol. The summed E-state index contributed by atoms with van der Waals surface area (Å²) in [5.74, 6) is 0.800. The highest BCUT2D eigenvalue weighted by Crippen LogP contribution is 2.11. The Morgan fingerprint density at radius 2 is 2.29 bits per heavy atom. The monoisotopic (exact) mass is 415 g/mol. The molecular weight excluding hydrogens is 385 g/mol. The van der Waals surface area contributed by atoms with Crippen LogP contribution in [0.4, 0.5) is 0 Å². The zero-order valence-electron chi connectivity index (χ0n) is 13.4. The van der Waals surface area contributed by atoms with Crippen LogP contribution in [-0.4, -0.2) is 65.2 Å². The fourth-order valence-corrected chi connectivity index (χ4v) is 2.09. The first-order chi connectivity index (χ1) is 9.76. The zero-order valence-corrected chi connectivity index (χ0v) is 15.7. The molecule has 2 unspecified atom stereocenters. The summed E-state index contributed by atoms with van der Waals surface area (Å²) in [5, 5.41) is 6.52. The lowest BCUT2D eigenvalue weighted by molar-refractivity contribution is 0.0168. The summed E-state index contributed by atoms with van der Waals surface area (Å²) in [6.07, 6.45) is 3.56. The molecule has 21 heavy (non-hydrogen) atoms. The molecule has 1 rings (SSSR count). The summed E-state index contributed by atoms with van der Waals surface area (Å²) in [7, 11) is 3.46. The Balaban J connectivity index is 0.00000400. The largest absolute Gasteiger partial charge is 0.383 e. The van der Waals surface area contributed by atoms with E-state index in [-0.39, 0.29) is 30.0 Å². The van der Waals surface area contributed by atoms with Gasteiger partial charge in [0.05, 0.1) is 19.3 Å². The second-order valence-corrected chi connectivity index (χ2v) is 5.06. The highest BCUT2D eigenvalue weighted by atomic mass is 127. The molecule has 0 aromatic rings. The van der Waals surface area contributed by atoms with Gasteiger partial charge >= 0.3 is 0 Å². The Morgan fingerprint density at radius 1 is 1.48 bits per heavy atom. The number of methoxy groups -OCH3 is 1. The van der Waals surface area contributed by atoms with Gasteiger partial charge in [0.25, 0.3) is 0 Å². The SMILES string of the molecule is CN=C(NCCCOCC1CCCO1)NC(C)COC.I. The molecule has 0 spiro atoms. The zero-order chi connectivity index (χ0) is 14.6. The maximum Gasteiger partial charge on any atom is 0.191 e. The quantitative estimate of drug-likeness (QED) is 0.258. The number of guanidine groups is 1. The van der Waals surface area contributed by atoms with Crippen LogP contribution in [-0.2, 0) is 14.2 Å². The van der Waals surface area contributed by atoms with Gasteiger partial charge in [-0.25, -0.2) is 0 Å². The molecule has 126 valence electrons. The van der Waals surface area contributed by atoms with E-state index < -0.39 is 0 Å².